The van der Waals surface area contributed by atoms with Gasteiger partial charge >= 0.3 is 5.97 Å². The second-order valence-corrected chi connectivity index (χ2v) is 6.30. The highest BCUT2D eigenvalue weighted by Crippen LogP contribution is 2.45. The van der Waals surface area contributed by atoms with Gasteiger partial charge in [0, 0.05) is 29.3 Å². The largest absolute Gasteiger partial charge is 0.504 e. The molecule has 1 unspecified atom stereocenters. The van der Waals surface area contributed by atoms with Crippen molar-refractivity contribution in [3.05, 3.63) is 35.0 Å². The Balaban J connectivity index is 2.19. The smallest absolute Gasteiger partial charge is 0.315 e. The molecule has 0 radical (unpaired) electrons. The first-order valence-corrected chi connectivity index (χ1v) is 8.24. The Hall–Kier alpha value is -2.63. The lowest BCUT2D eigenvalue weighted by Gasteiger charge is -2.34. The average molecular weight is 343 g/mol. The molecule has 3 rings (SSSR count). The lowest BCUT2D eigenvalue weighted by molar-refractivity contribution is -0.143. The van der Waals surface area contributed by atoms with Gasteiger partial charge in [0.1, 0.15) is 5.92 Å². The van der Waals surface area contributed by atoms with Crippen molar-refractivity contribution in [2.24, 2.45) is 10.9 Å². The van der Waals surface area contributed by atoms with E-state index >= 15 is 0 Å². The van der Waals surface area contributed by atoms with Crippen molar-refractivity contribution in [3.63, 3.8) is 0 Å². The van der Waals surface area contributed by atoms with E-state index in [0.29, 0.717) is 23.5 Å². The van der Waals surface area contributed by atoms with E-state index in [4.69, 9.17) is 9.47 Å². The van der Waals surface area contributed by atoms with Crippen molar-refractivity contribution in [3.8, 4) is 11.5 Å². The summed E-state index contributed by atoms with van der Waals surface area (Å²) >= 11 is 0. The molecule has 132 valence electrons. The van der Waals surface area contributed by atoms with Gasteiger partial charge in [-0.25, -0.2) is 0 Å². The number of esters is 1. The molecule has 6 heteroatoms. The van der Waals surface area contributed by atoms with Crippen molar-refractivity contribution < 1.29 is 24.2 Å². The number of hydrogen-bond donors (Lipinski definition) is 1. The highest BCUT2D eigenvalue weighted by atomic mass is 16.5. The van der Waals surface area contributed by atoms with Gasteiger partial charge in [-0.15, -0.1) is 0 Å². The molecule has 0 saturated heterocycles. The van der Waals surface area contributed by atoms with Crippen LogP contribution in [0.5, 0.6) is 11.5 Å². The van der Waals surface area contributed by atoms with Crippen LogP contribution in [0.25, 0.3) is 0 Å². The molecule has 2 aliphatic rings. The van der Waals surface area contributed by atoms with Crippen LogP contribution in [0.3, 0.4) is 0 Å². The lowest BCUT2D eigenvalue weighted by atomic mass is 9.71. The maximum atomic E-state index is 12.6. The van der Waals surface area contributed by atoms with Crippen LogP contribution >= 0.6 is 0 Å². The second kappa shape index (κ2) is 6.70. The van der Waals surface area contributed by atoms with E-state index in [-0.39, 0.29) is 11.5 Å². The number of benzene rings is 1. The number of aromatic hydroxyl groups is 1. The molecule has 1 aromatic carbocycles. The summed E-state index contributed by atoms with van der Waals surface area (Å²) in [5, 5.41) is 9.87. The van der Waals surface area contributed by atoms with E-state index in [2.05, 4.69) is 4.99 Å². The number of aliphatic imine (C=N–C) groups is 1. The SMILES string of the molecule is COC(=O)C1C(C)=NC2=C(C(=O)CCC2)[C@H]1c1ccc(O)c(OC)c1. The van der Waals surface area contributed by atoms with Crippen LogP contribution in [0.15, 0.2) is 34.5 Å². The summed E-state index contributed by atoms with van der Waals surface area (Å²) < 4.78 is 10.2. The van der Waals surface area contributed by atoms with Crippen LogP contribution in [0, 0.1) is 5.92 Å². The first kappa shape index (κ1) is 17.2. The van der Waals surface area contributed by atoms with Crippen LogP contribution in [0.1, 0.15) is 37.7 Å². The Bertz CT molecular complexity index is 793. The number of phenols is 1. The first-order chi connectivity index (χ1) is 12.0. The van der Waals surface area contributed by atoms with Gasteiger partial charge in [-0.05, 0) is 37.5 Å². The van der Waals surface area contributed by atoms with Gasteiger partial charge in [0.05, 0.1) is 14.2 Å². The predicted octanol–water partition coefficient (Wildman–Crippen LogP) is 2.76. The normalized spacial score (nSPS) is 23.0. The molecule has 1 aliphatic heterocycles. The van der Waals surface area contributed by atoms with E-state index < -0.39 is 17.8 Å². The number of nitrogens with zero attached hydrogens (tertiary/aromatic N) is 1. The Morgan fingerprint density at radius 2 is 2.04 bits per heavy atom. The van der Waals surface area contributed by atoms with Crippen molar-refractivity contribution in [2.75, 3.05) is 14.2 Å². The Labute approximate surface area is 146 Å². The molecule has 25 heavy (non-hydrogen) atoms. The zero-order valence-corrected chi connectivity index (χ0v) is 14.5. The molecule has 1 N–H and O–H groups in total. The second-order valence-electron chi connectivity index (χ2n) is 6.30. The van der Waals surface area contributed by atoms with Crippen molar-refractivity contribution >= 4 is 17.5 Å². The van der Waals surface area contributed by atoms with Gasteiger partial charge in [-0.3, -0.25) is 14.6 Å². The maximum Gasteiger partial charge on any atom is 0.315 e. The molecule has 6 nitrogen and oxygen atoms in total. The van der Waals surface area contributed by atoms with Gasteiger partial charge in [-0.1, -0.05) is 6.07 Å². The summed E-state index contributed by atoms with van der Waals surface area (Å²) in [6.07, 6.45) is 1.94. The van der Waals surface area contributed by atoms with Crippen molar-refractivity contribution in [1.82, 2.24) is 0 Å². The Morgan fingerprint density at radius 1 is 1.28 bits per heavy atom. The molecule has 1 heterocycles. The molecule has 1 aromatic rings. The third-order valence-corrected chi connectivity index (χ3v) is 4.85. The van der Waals surface area contributed by atoms with Gasteiger partial charge in [-0.2, -0.15) is 0 Å². The minimum absolute atomic E-state index is 0.00578. The van der Waals surface area contributed by atoms with E-state index in [1.165, 1.54) is 20.3 Å². The van der Waals surface area contributed by atoms with Gasteiger partial charge < -0.3 is 14.6 Å². The van der Waals surface area contributed by atoms with E-state index in [1.54, 1.807) is 19.1 Å². The number of methoxy groups -OCH3 is 2. The Kier molecular flexibility index (Phi) is 4.61. The fourth-order valence-electron chi connectivity index (χ4n) is 3.69. The summed E-state index contributed by atoms with van der Waals surface area (Å²) in [6, 6.07) is 4.89. The van der Waals surface area contributed by atoms with Gasteiger partial charge in [0.15, 0.2) is 17.3 Å². The quantitative estimate of drug-likeness (QED) is 0.853. The van der Waals surface area contributed by atoms with Crippen LogP contribution in [0.2, 0.25) is 0 Å². The lowest BCUT2D eigenvalue weighted by Crippen LogP contribution is -2.36. The van der Waals surface area contributed by atoms with Crippen molar-refractivity contribution in [2.45, 2.75) is 32.1 Å². The van der Waals surface area contributed by atoms with Crippen LogP contribution in [-0.4, -0.2) is 36.8 Å². The predicted molar refractivity (Wildman–Crippen MR) is 91.9 cm³/mol. The zero-order chi connectivity index (χ0) is 18.1. The molecule has 0 fully saturated rings. The van der Waals surface area contributed by atoms with E-state index in [1.807, 2.05) is 0 Å². The highest BCUT2D eigenvalue weighted by Gasteiger charge is 2.43. The first-order valence-electron chi connectivity index (χ1n) is 8.24. The monoisotopic (exact) mass is 343 g/mol. The minimum Gasteiger partial charge on any atom is -0.504 e. The standard InChI is InChI=1S/C19H21NO5/c1-10-16(19(23)25-3)17(11-7-8-13(21)15(9-11)24-2)18-12(20-10)5-4-6-14(18)22/h7-9,16-17,21H,4-6H2,1-3H3/t16?,17-/m0/s1. The molecule has 0 saturated carbocycles. The molecule has 0 bridgehead atoms. The van der Waals surface area contributed by atoms with Crippen molar-refractivity contribution in [1.29, 1.82) is 0 Å². The molecular formula is C19H21NO5. The number of ketones is 1. The zero-order valence-electron chi connectivity index (χ0n) is 14.5. The van der Waals surface area contributed by atoms with E-state index in [9.17, 15) is 14.7 Å². The summed E-state index contributed by atoms with van der Waals surface area (Å²) in [6.45, 7) is 1.79. The van der Waals surface area contributed by atoms with Gasteiger partial charge in [0.25, 0.3) is 0 Å². The molecular weight excluding hydrogens is 322 g/mol. The molecule has 0 aromatic heterocycles. The van der Waals surface area contributed by atoms with E-state index in [0.717, 1.165) is 24.1 Å². The summed E-state index contributed by atoms with van der Waals surface area (Å²) in [5.74, 6) is -1.26. The molecule has 1 aliphatic carbocycles. The molecule has 0 amide bonds. The fraction of sp³-hybridized carbons (Fsp3) is 0.421. The number of allylic oxidation sites excluding steroid dienone is 2. The number of phenolic OH excluding ortho intramolecular Hbond substituents is 1. The number of carbonyl (C=O) groups excluding carboxylic acids is 2. The maximum absolute atomic E-state index is 12.6. The number of Topliss-reactive ketones (excluding diaryl/α,β-unsaturated/α-hetero) is 1. The fourth-order valence-corrected chi connectivity index (χ4v) is 3.69. The number of hydrogen-bond acceptors (Lipinski definition) is 6. The van der Waals surface area contributed by atoms with Crippen LogP contribution < -0.4 is 4.74 Å². The van der Waals surface area contributed by atoms with Crippen LogP contribution in [0.4, 0.5) is 0 Å². The third-order valence-electron chi connectivity index (χ3n) is 4.85. The number of ether oxygens (including phenoxy) is 2. The summed E-state index contributed by atoms with van der Waals surface area (Å²) in [4.78, 5) is 29.6. The summed E-state index contributed by atoms with van der Waals surface area (Å²) in [5.41, 5.74) is 2.70. The van der Waals surface area contributed by atoms with Crippen LogP contribution in [-0.2, 0) is 14.3 Å². The third kappa shape index (κ3) is 2.92. The average Bonchev–Trinajstić information content (AvgIpc) is 2.60. The summed E-state index contributed by atoms with van der Waals surface area (Å²) in [7, 11) is 2.79. The topological polar surface area (TPSA) is 85.2 Å². The molecule has 2 atom stereocenters. The highest BCUT2D eigenvalue weighted by molar-refractivity contribution is 6.08. The Morgan fingerprint density at radius 3 is 2.72 bits per heavy atom. The number of rotatable bonds is 3. The minimum atomic E-state index is -0.667. The van der Waals surface area contributed by atoms with Gasteiger partial charge in [0.2, 0.25) is 0 Å². The number of carbonyl (C=O) groups is 2. The molecule has 0 spiro atoms.